The number of sulfonamides is 1. The maximum atomic E-state index is 12.6. The predicted molar refractivity (Wildman–Crippen MR) is 113 cm³/mol. The molecule has 1 saturated heterocycles. The Morgan fingerprint density at radius 1 is 1.00 bits per heavy atom. The molecule has 0 atom stereocenters. The lowest BCUT2D eigenvalue weighted by Crippen LogP contribution is -2.50. The zero-order valence-corrected chi connectivity index (χ0v) is 19.2. The van der Waals surface area contributed by atoms with E-state index < -0.39 is 19.9 Å². The zero-order chi connectivity index (χ0) is 21.8. The second kappa shape index (κ2) is 9.55. The van der Waals surface area contributed by atoms with Crippen LogP contribution in [0.3, 0.4) is 0 Å². The van der Waals surface area contributed by atoms with Gasteiger partial charge in [-0.2, -0.15) is 0 Å². The molecule has 0 radical (unpaired) electrons. The Labute approximate surface area is 174 Å². The minimum atomic E-state index is -3.68. The highest BCUT2D eigenvalue weighted by molar-refractivity contribution is 7.90. The number of nitrogens with one attached hydrogen (secondary N) is 1. The summed E-state index contributed by atoms with van der Waals surface area (Å²) >= 11 is 0. The first-order valence-corrected chi connectivity index (χ1v) is 13.2. The molecule has 1 aliphatic heterocycles. The van der Waals surface area contributed by atoms with Crippen LogP contribution < -0.4 is 4.72 Å². The third-order valence-electron chi connectivity index (χ3n) is 5.01. The molecule has 0 saturated carbocycles. The van der Waals surface area contributed by atoms with Gasteiger partial charge in [-0.05, 0) is 31.9 Å². The van der Waals surface area contributed by atoms with Crippen LogP contribution in [0.15, 0.2) is 17.0 Å². The van der Waals surface area contributed by atoms with Gasteiger partial charge in [0, 0.05) is 51.9 Å². The van der Waals surface area contributed by atoms with Gasteiger partial charge < -0.3 is 4.90 Å². The van der Waals surface area contributed by atoms with E-state index in [9.17, 15) is 21.6 Å². The zero-order valence-electron chi connectivity index (χ0n) is 17.6. The Kier molecular flexibility index (Phi) is 7.83. The molecule has 1 aromatic rings. The number of hydrogen-bond donors (Lipinski definition) is 1. The van der Waals surface area contributed by atoms with Gasteiger partial charge in [-0.15, -0.1) is 0 Å². The normalized spacial score (nSPS) is 16.2. The van der Waals surface area contributed by atoms with E-state index in [1.807, 2.05) is 24.0 Å². The maximum absolute atomic E-state index is 12.6. The van der Waals surface area contributed by atoms with Gasteiger partial charge in [0.05, 0.1) is 10.6 Å². The summed E-state index contributed by atoms with van der Waals surface area (Å²) in [7, 11) is -6.68. The van der Waals surface area contributed by atoms with Crippen molar-refractivity contribution in [1.29, 1.82) is 0 Å². The molecule has 1 N–H and O–H groups in total. The van der Waals surface area contributed by atoms with Crippen molar-refractivity contribution >= 4 is 25.8 Å². The van der Waals surface area contributed by atoms with Crippen molar-refractivity contribution in [2.24, 2.45) is 0 Å². The molecule has 0 aliphatic carbocycles. The number of carbonyl (C=O) groups excluding carboxylic acids is 1. The summed E-state index contributed by atoms with van der Waals surface area (Å²) in [4.78, 5) is 16.4. The van der Waals surface area contributed by atoms with Crippen LogP contribution in [-0.2, 0) is 24.7 Å². The quantitative estimate of drug-likeness (QED) is 0.624. The van der Waals surface area contributed by atoms with E-state index >= 15 is 0 Å². The number of benzene rings is 1. The van der Waals surface area contributed by atoms with Crippen molar-refractivity contribution in [3.63, 3.8) is 0 Å². The van der Waals surface area contributed by atoms with E-state index in [4.69, 9.17) is 0 Å². The second-order valence-electron chi connectivity index (χ2n) is 7.73. The van der Waals surface area contributed by atoms with Gasteiger partial charge in [-0.25, -0.2) is 21.6 Å². The number of carbonyl (C=O) groups is 1. The lowest BCUT2D eigenvalue weighted by atomic mass is 10.1. The Morgan fingerprint density at radius 3 is 2.07 bits per heavy atom. The molecule has 0 aromatic heterocycles. The van der Waals surface area contributed by atoms with Crippen LogP contribution in [0.1, 0.15) is 23.1 Å². The summed E-state index contributed by atoms with van der Waals surface area (Å²) in [5, 5.41) is 0. The third-order valence-corrected chi connectivity index (χ3v) is 7.70. The molecule has 1 heterocycles. The summed E-state index contributed by atoms with van der Waals surface area (Å²) in [5.74, 6) is 0.00780. The van der Waals surface area contributed by atoms with Gasteiger partial charge >= 0.3 is 0 Å². The number of piperazine rings is 1. The molecule has 2 rings (SSSR count). The smallest absolute Gasteiger partial charge is 0.241 e. The topological polar surface area (TPSA) is 104 Å². The molecular weight excluding hydrogens is 414 g/mol. The number of amides is 1. The summed E-state index contributed by atoms with van der Waals surface area (Å²) < 4.78 is 50.4. The van der Waals surface area contributed by atoms with Crippen LogP contribution in [0.25, 0.3) is 0 Å². The summed E-state index contributed by atoms with van der Waals surface area (Å²) in [6.45, 7) is 8.24. The fourth-order valence-corrected chi connectivity index (χ4v) is 5.70. The third kappa shape index (κ3) is 7.06. The fraction of sp³-hybridized carbons (Fsp3) is 0.632. The predicted octanol–water partition coefficient (Wildman–Crippen LogP) is 0.469. The minimum absolute atomic E-state index is 0.0439. The monoisotopic (exact) mass is 445 g/mol. The van der Waals surface area contributed by atoms with Gasteiger partial charge in [0.25, 0.3) is 0 Å². The minimum Gasteiger partial charge on any atom is -0.340 e. The van der Waals surface area contributed by atoms with Crippen molar-refractivity contribution < 1.29 is 21.6 Å². The van der Waals surface area contributed by atoms with Gasteiger partial charge in [-0.3, -0.25) is 9.69 Å². The maximum Gasteiger partial charge on any atom is 0.241 e. The first-order valence-electron chi connectivity index (χ1n) is 9.64. The van der Waals surface area contributed by atoms with Gasteiger partial charge in [0.1, 0.15) is 9.84 Å². The highest BCUT2D eigenvalue weighted by Gasteiger charge is 2.23. The van der Waals surface area contributed by atoms with Crippen LogP contribution in [0.5, 0.6) is 0 Å². The Morgan fingerprint density at radius 2 is 1.55 bits per heavy atom. The van der Waals surface area contributed by atoms with E-state index in [1.165, 1.54) is 6.26 Å². The highest BCUT2D eigenvalue weighted by Crippen LogP contribution is 2.21. The number of nitrogens with zero attached hydrogens (tertiary/aromatic N) is 2. The number of sulfone groups is 1. The van der Waals surface area contributed by atoms with Crippen molar-refractivity contribution in [3.8, 4) is 0 Å². The molecule has 0 unspecified atom stereocenters. The molecule has 0 bridgehead atoms. The molecule has 10 heteroatoms. The lowest BCUT2D eigenvalue weighted by Gasteiger charge is -2.34. The van der Waals surface area contributed by atoms with Gasteiger partial charge in [-0.1, -0.05) is 17.7 Å². The fourth-order valence-electron chi connectivity index (χ4n) is 3.63. The summed E-state index contributed by atoms with van der Waals surface area (Å²) in [6.07, 6.45) is 1.31. The molecule has 164 valence electrons. The van der Waals surface area contributed by atoms with E-state index in [0.717, 1.165) is 5.56 Å². The van der Waals surface area contributed by atoms with E-state index in [2.05, 4.69) is 4.72 Å². The Hall–Kier alpha value is -1.49. The van der Waals surface area contributed by atoms with E-state index in [1.54, 1.807) is 18.7 Å². The van der Waals surface area contributed by atoms with Crippen molar-refractivity contribution in [1.82, 2.24) is 14.5 Å². The van der Waals surface area contributed by atoms with Crippen molar-refractivity contribution in [2.45, 2.75) is 32.1 Å². The molecule has 1 amide bonds. The molecule has 1 aliphatic rings. The molecule has 29 heavy (non-hydrogen) atoms. The van der Waals surface area contributed by atoms with E-state index in [-0.39, 0.29) is 29.5 Å². The molecule has 8 nitrogen and oxygen atoms in total. The summed E-state index contributed by atoms with van der Waals surface area (Å²) in [5.41, 5.74) is 2.38. The first-order chi connectivity index (χ1) is 13.4. The summed E-state index contributed by atoms with van der Waals surface area (Å²) in [6, 6.07) is 3.66. The number of rotatable bonds is 8. The van der Waals surface area contributed by atoms with Crippen LogP contribution in [0.2, 0.25) is 0 Å². The molecular formula is C19H31N3O5S2. The van der Waals surface area contributed by atoms with Crippen LogP contribution in [0, 0.1) is 20.8 Å². The largest absolute Gasteiger partial charge is 0.340 e. The SMILES string of the molecule is Cc1cc(C)c(S(=O)(=O)NCCC(=O)N2CCN(CCS(C)(=O)=O)CC2)c(C)c1. The Balaban J connectivity index is 1.83. The van der Waals surface area contributed by atoms with Crippen molar-refractivity contribution in [3.05, 3.63) is 28.8 Å². The van der Waals surface area contributed by atoms with Crippen LogP contribution in [-0.4, -0.2) is 83.8 Å². The number of hydrogen-bond acceptors (Lipinski definition) is 6. The Bertz CT molecular complexity index is 927. The second-order valence-corrected chi connectivity index (χ2v) is 11.7. The standard InChI is InChI=1S/C19H31N3O5S2/c1-15-13-16(2)19(17(3)14-15)29(26,27)20-6-5-18(23)22-9-7-21(8-10-22)11-12-28(4,24)25/h13-14,20H,5-12H2,1-4H3. The lowest BCUT2D eigenvalue weighted by molar-refractivity contribution is -0.132. The van der Waals surface area contributed by atoms with Crippen LogP contribution in [0.4, 0.5) is 0 Å². The molecule has 1 fully saturated rings. The first kappa shape index (κ1) is 23.8. The average molecular weight is 446 g/mol. The van der Waals surface area contributed by atoms with Crippen molar-refractivity contribution in [2.75, 3.05) is 51.3 Å². The van der Waals surface area contributed by atoms with E-state index in [0.29, 0.717) is 43.9 Å². The highest BCUT2D eigenvalue weighted by atomic mass is 32.2. The van der Waals surface area contributed by atoms with Gasteiger partial charge in [0.15, 0.2) is 0 Å². The molecule has 1 aromatic carbocycles. The van der Waals surface area contributed by atoms with Gasteiger partial charge in [0.2, 0.25) is 15.9 Å². The average Bonchev–Trinajstić information content (AvgIpc) is 2.58. The molecule has 0 spiro atoms. The number of aryl methyl sites for hydroxylation is 3. The van der Waals surface area contributed by atoms with Crippen LogP contribution >= 0.6 is 0 Å².